The highest BCUT2D eigenvalue weighted by Gasteiger charge is 2.26. The summed E-state index contributed by atoms with van der Waals surface area (Å²) >= 11 is 0. The van der Waals surface area contributed by atoms with Crippen LogP contribution in [0.3, 0.4) is 0 Å². The first-order valence-corrected chi connectivity index (χ1v) is 13.1. The Morgan fingerprint density at radius 1 is 1.09 bits per heavy atom. The molecule has 0 radical (unpaired) electrons. The molecule has 8 nitrogen and oxygen atoms in total. The van der Waals surface area contributed by atoms with E-state index in [-0.39, 0.29) is 12.6 Å². The fourth-order valence-corrected chi connectivity index (χ4v) is 5.61. The van der Waals surface area contributed by atoms with Gasteiger partial charge < -0.3 is 15.3 Å². The van der Waals surface area contributed by atoms with Gasteiger partial charge in [-0.2, -0.15) is 4.98 Å². The number of aliphatic hydroxyl groups is 1. The second-order valence-electron chi connectivity index (χ2n) is 8.55. The number of anilines is 2. The summed E-state index contributed by atoms with van der Waals surface area (Å²) in [6.07, 6.45) is 5.51. The molecule has 178 valence electrons. The van der Waals surface area contributed by atoms with Crippen molar-refractivity contribution in [1.29, 1.82) is 0 Å². The molecule has 0 aliphatic rings. The third kappa shape index (κ3) is 5.18. The first-order chi connectivity index (χ1) is 16.5. The Morgan fingerprint density at radius 2 is 1.88 bits per heavy atom. The van der Waals surface area contributed by atoms with Crippen molar-refractivity contribution < 1.29 is 9.67 Å². The van der Waals surface area contributed by atoms with E-state index in [4.69, 9.17) is 14.7 Å². The molecule has 3 heterocycles. The van der Waals surface area contributed by atoms with Crippen molar-refractivity contribution in [1.82, 2.24) is 19.7 Å². The molecule has 2 N–H and O–H groups in total. The molecule has 0 saturated heterocycles. The van der Waals surface area contributed by atoms with Crippen LogP contribution in [0, 0.1) is 0 Å². The molecule has 4 rings (SSSR count). The molecule has 0 aliphatic carbocycles. The largest absolute Gasteiger partial charge is 0.394 e. The number of fused-ring (bicyclic) bond motifs is 1. The highest BCUT2D eigenvalue weighted by atomic mass is 31.1. The average molecular weight is 479 g/mol. The molecule has 3 atom stereocenters. The van der Waals surface area contributed by atoms with Crippen LogP contribution in [0.25, 0.3) is 16.6 Å². The van der Waals surface area contributed by atoms with E-state index in [2.05, 4.69) is 64.9 Å². The highest BCUT2D eigenvalue weighted by molar-refractivity contribution is 7.50. The Kier molecular flexibility index (Phi) is 7.70. The van der Waals surface area contributed by atoms with Crippen LogP contribution in [0.15, 0.2) is 55.0 Å². The van der Waals surface area contributed by atoms with Gasteiger partial charge in [0.2, 0.25) is 13.8 Å². The molecule has 2 unspecified atom stereocenters. The van der Waals surface area contributed by atoms with Crippen LogP contribution in [0.5, 0.6) is 0 Å². The summed E-state index contributed by atoms with van der Waals surface area (Å²) in [6, 6.07) is 14.6. The summed E-state index contributed by atoms with van der Waals surface area (Å²) in [5, 5.41) is 13.9. The monoisotopic (exact) mass is 478 g/mol. The normalized spacial score (nSPS) is 13.6. The van der Waals surface area contributed by atoms with Gasteiger partial charge in [-0.15, -0.1) is 0 Å². The smallest absolute Gasteiger partial charge is 0.326 e. The number of pyridine rings is 1. The lowest BCUT2D eigenvalue weighted by Crippen LogP contribution is -2.36. The van der Waals surface area contributed by atoms with Crippen molar-refractivity contribution in [2.45, 2.75) is 52.2 Å². The maximum Gasteiger partial charge on any atom is 0.326 e. The summed E-state index contributed by atoms with van der Waals surface area (Å²) in [4.78, 5) is 16.3. The van der Waals surface area contributed by atoms with Crippen LogP contribution in [-0.2, 0) is 6.54 Å². The molecule has 4 aromatic rings. The lowest BCUT2D eigenvalue weighted by atomic mass is 10.1. The molecule has 0 saturated carbocycles. The lowest BCUT2D eigenvalue weighted by molar-refractivity contribution is -0.696. The van der Waals surface area contributed by atoms with E-state index in [0.717, 1.165) is 35.0 Å². The van der Waals surface area contributed by atoms with E-state index >= 15 is 0 Å². The number of nitrogens with zero attached hydrogens (tertiary/aromatic N) is 6. The molecule has 0 fully saturated rings. The number of hydrogen-bond donors (Lipinski definition) is 2. The van der Waals surface area contributed by atoms with Crippen LogP contribution < -0.4 is 14.8 Å². The number of benzene rings is 1. The standard InChI is InChI=1S/C25H32N7OP/c1-5-18(3)32-17-27-34-24(29-23(30-25(32)34)28-21(6-2)16-33)31(4)15-19-10-12-20(13-11-19)22-9-7-8-14-26-22/h7-14,17-18,21,33H,5-6,15-16H2,1-4H3/p+1/t18?,21-,34?/m1/s1. The zero-order valence-corrected chi connectivity index (χ0v) is 21.2. The molecule has 0 bridgehead atoms. The molecule has 3 aromatic heterocycles. The number of hydrogen-bond acceptors (Lipinski definition) is 7. The van der Waals surface area contributed by atoms with Crippen molar-refractivity contribution in [3.63, 3.8) is 0 Å². The minimum atomic E-state index is -1.01. The summed E-state index contributed by atoms with van der Waals surface area (Å²) in [5.74, 6) is 0.542. The Morgan fingerprint density at radius 3 is 2.53 bits per heavy atom. The number of aromatic nitrogens is 5. The first-order valence-electron chi connectivity index (χ1n) is 11.8. The van der Waals surface area contributed by atoms with E-state index in [1.807, 2.05) is 37.6 Å². The zero-order chi connectivity index (χ0) is 24.1. The fourth-order valence-electron chi connectivity index (χ4n) is 3.77. The van der Waals surface area contributed by atoms with Crippen molar-refractivity contribution >= 4 is 24.4 Å². The van der Waals surface area contributed by atoms with Gasteiger partial charge in [-0.1, -0.05) is 53.9 Å². The van der Waals surface area contributed by atoms with Gasteiger partial charge in [0, 0.05) is 25.4 Å². The van der Waals surface area contributed by atoms with E-state index in [1.54, 1.807) is 0 Å². The quantitative estimate of drug-likeness (QED) is 0.326. The minimum absolute atomic E-state index is 0.0362. The molecular weight excluding hydrogens is 445 g/mol. The first kappa shape index (κ1) is 24.0. The van der Waals surface area contributed by atoms with E-state index in [9.17, 15) is 5.11 Å². The Hall–Kier alpha value is -3.09. The molecule has 0 amide bonds. The van der Waals surface area contributed by atoms with Gasteiger partial charge >= 0.3 is 11.3 Å². The Labute approximate surface area is 201 Å². The van der Waals surface area contributed by atoms with Crippen molar-refractivity contribution in [2.24, 2.45) is 0 Å². The topological polar surface area (TPSA) is 90.9 Å². The SMILES string of the molecule is CCC(C)[n+]1cnp2c(N(C)Cc3ccc(-c4ccccn4)cc3)nc(N[C@H](CC)CO)nc12. The number of aliphatic hydroxyl groups excluding tert-OH is 1. The summed E-state index contributed by atoms with van der Waals surface area (Å²) in [6.45, 7) is 7.12. The van der Waals surface area contributed by atoms with Crippen molar-refractivity contribution in [3.8, 4) is 11.3 Å². The number of rotatable bonds is 10. The van der Waals surface area contributed by atoms with Gasteiger partial charge in [0.05, 0.1) is 24.4 Å². The maximum absolute atomic E-state index is 9.68. The van der Waals surface area contributed by atoms with Gasteiger partial charge in [-0.05, 0) is 37.5 Å². The lowest BCUT2D eigenvalue weighted by Gasteiger charge is -2.19. The van der Waals surface area contributed by atoms with Gasteiger partial charge in [0.1, 0.15) is 0 Å². The predicted molar refractivity (Wildman–Crippen MR) is 137 cm³/mol. The molecule has 0 aliphatic heterocycles. The molecule has 1 aromatic carbocycles. The van der Waals surface area contributed by atoms with Crippen molar-refractivity contribution in [3.05, 3.63) is 60.6 Å². The van der Waals surface area contributed by atoms with Gasteiger partial charge in [-0.25, -0.2) is 4.57 Å². The molecule has 0 spiro atoms. The van der Waals surface area contributed by atoms with Gasteiger partial charge in [0.25, 0.3) is 0 Å². The summed E-state index contributed by atoms with van der Waals surface area (Å²) in [7, 11) is 1.04. The second kappa shape index (κ2) is 10.9. The number of nitrogens with one attached hydrogen (secondary N) is 1. The van der Waals surface area contributed by atoms with Crippen LogP contribution in [0.4, 0.5) is 11.5 Å². The van der Waals surface area contributed by atoms with Gasteiger partial charge in [-0.3, -0.25) is 4.98 Å². The third-order valence-electron chi connectivity index (χ3n) is 6.10. The fraction of sp³-hybridized carbons (Fsp3) is 0.400. The summed E-state index contributed by atoms with van der Waals surface area (Å²) < 4.78 is 6.99. The van der Waals surface area contributed by atoms with E-state index in [1.165, 1.54) is 5.56 Å². The molecular formula is C25H33N7OP+. The third-order valence-corrected chi connectivity index (χ3v) is 7.97. The van der Waals surface area contributed by atoms with Crippen LogP contribution >= 0.6 is 7.50 Å². The van der Waals surface area contributed by atoms with Crippen molar-refractivity contribution in [2.75, 3.05) is 23.9 Å². The van der Waals surface area contributed by atoms with E-state index in [0.29, 0.717) is 18.5 Å². The molecule has 34 heavy (non-hydrogen) atoms. The van der Waals surface area contributed by atoms with Gasteiger partial charge in [0.15, 0.2) is 5.55 Å². The minimum Gasteiger partial charge on any atom is -0.394 e. The maximum atomic E-state index is 9.68. The molecule has 9 heteroatoms. The second-order valence-corrected chi connectivity index (χ2v) is 10.2. The average Bonchev–Trinajstić information content (AvgIpc) is 3.31. The van der Waals surface area contributed by atoms with E-state index < -0.39 is 7.50 Å². The van der Waals surface area contributed by atoms with Crippen LogP contribution in [-0.4, -0.2) is 44.5 Å². The predicted octanol–water partition coefficient (Wildman–Crippen LogP) is 4.45. The Balaban J connectivity index is 1.65. The van der Waals surface area contributed by atoms with Crippen LogP contribution in [0.1, 0.15) is 45.2 Å². The Bertz CT molecular complexity index is 1210. The van der Waals surface area contributed by atoms with Crippen LogP contribution in [0.2, 0.25) is 0 Å². The summed E-state index contributed by atoms with van der Waals surface area (Å²) in [5.41, 5.74) is 4.15. The zero-order valence-electron chi connectivity index (χ0n) is 20.3. The highest BCUT2D eigenvalue weighted by Crippen LogP contribution is 2.37.